The van der Waals surface area contributed by atoms with Gasteiger partial charge in [-0.3, -0.25) is 0 Å². The van der Waals surface area contributed by atoms with E-state index in [0.717, 1.165) is 35.7 Å². The Labute approximate surface area is 137 Å². The Balaban J connectivity index is 2.22. The Morgan fingerprint density at radius 1 is 1.38 bits per heavy atom. The van der Waals surface area contributed by atoms with E-state index < -0.39 is 0 Å². The predicted molar refractivity (Wildman–Crippen MR) is 90.4 cm³/mol. The largest absolute Gasteiger partial charge is 0.310 e. The third-order valence-corrected chi connectivity index (χ3v) is 5.14. The Hall–Kier alpha value is -0.780. The minimum Gasteiger partial charge on any atom is -0.310 e. The molecule has 1 unspecified atom stereocenters. The predicted octanol–water partition coefficient (Wildman–Crippen LogP) is 4.94. The molecule has 0 saturated carbocycles. The molecule has 0 bridgehead atoms. The van der Waals surface area contributed by atoms with Crippen molar-refractivity contribution in [3.8, 4) is 0 Å². The van der Waals surface area contributed by atoms with Gasteiger partial charge in [0.25, 0.3) is 0 Å². The van der Waals surface area contributed by atoms with E-state index in [9.17, 15) is 4.39 Å². The van der Waals surface area contributed by atoms with Crippen molar-refractivity contribution < 1.29 is 4.39 Å². The summed E-state index contributed by atoms with van der Waals surface area (Å²) in [7, 11) is 0. The third-order valence-electron chi connectivity index (χ3n) is 3.44. The minimum atomic E-state index is -0.228. The number of halogens is 2. The molecule has 2 rings (SSSR count). The fourth-order valence-corrected chi connectivity index (χ4v) is 3.53. The van der Waals surface area contributed by atoms with Crippen LogP contribution in [0.15, 0.2) is 22.7 Å². The zero-order chi connectivity index (χ0) is 15.4. The molecule has 0 radical (unpaired) electrons. The molecule has 114 valence electrons. The molecule has 0 aliphatic rings. The van der Waals surface area contributed by atoms with Crippen LogP contribution in [0.1, 0.15) is 40.5 Å². The van der Waals surface area contributed by atoms with Crippen molar-refractivity contribution in [2.45, 2.75) is 39.7 Å². The summed E-state index contributed by atoms with van der Waals surface area (Å²) in [6.45, 7) is 7.21. The number of nitrogens with zero attached hydrogens (tertiary/aromatic N) is 1. The summed E-state index contributed by atoms with van der Waals surface area (Å²) in [4.78, 5) is 5.88. The molecule has 0 aliphatic heterocycles. The number of aromatic nitrogens is 1. The number of nitrogens with one attached hydrogen (secondary N) is 1. The van der Waals surface area contributed by atoms with Gasteiger partial charge >= 0.3 is 0 Å². The third kappa shape index (κ3) is 4.34. The van der Waals surface area contributed by atoms with Crippen LogP contribution in [0.25, 0.3) is 0 Å². The number of rotatable bonds is 6. The smallest absolute Gasteiger partial charge is 0.137 e. The average molecular weight is 371 g/mol. The van der Waals surface area contributed by atoms with Gasteiger partial charge in [-0.05, 0) is 60.4 Å². The van der Waals surface area contributed by atoms with Gasteiger partial charge in [-0.2, -0.15) is 0 Å². The molecule has 1 atom stereocenters. The molecule has 1 heterocycles. The highest BCUT2D eigenvalue weighted by molar-refractivity contribution is 9.10. The van der Waals surface area contributed by atoms with Crippen LogP contribution in [-0.2, 0) is 6.42 Å². The van der Waals surface area contributed by atoms with Gasteiger partial charge in [-0.1, -0.05) is 13.0 Å². The van der Waals surface area contributed by atoms with Gasteiger partial charge in [0.2, 0.25) is 0 Å². The number of hydrogen-bond donors (Lipinski definition) is 1. The van der Waals surface area contributed by atoms with Crippen LogP contribution in [0, 0.1) is 19.7 Å². The van der Waals surface area contributed by atoms with Crippen LogP contribution >= 0.6 is 27.3 Å². The molecule has 0 fully saturated rings. The molecular formula is C16H20BrFN2S. The first-order valence-electron chi connectivity index (χ1n) is 7.12. The van der Waals surface area contributed by atoms with E-state index in [1.165, 1.54) is 10.9 Å². The topological polar surface area (TPSA) is 24.9 Å². The summed E-state index contributed by atoms with van der Waals surface area (Å²) >= 11 is 5.01. The van der Waals surface area contributed by atoms with E-state index in [4.69, 9.17) is 0 Å². The van der Waals surface area contributed by atoms with Crippen LogP contribution in [0.3, 0.4) is 0 Å². The van der Waals surface area contributed by atoms with E-state index in [1.807, 2.05) is 19.1 Å². The van der Waals surface area contributed by atoms with Crippen molar-refractivity contribution in [1.29, 1.82) is 0 Å². The standard InChI is InChI=1S/C16H20BrFN2S/c1-4-7-19-15(9-16-20-10(2)11(3)21-16)12-5-6-14(18)13(17)8-12/h5-6,8,15,19H,4,7,9H2,1-3H3. The second-order valence-corrected chi connectivity index (χ2v) is 7.28. The van der Waals surface area contributed by atoms with Gasteiger partial charge in [-0.25, -0.2) is 9.37 Å². The lowest BCUT2D eigenvalue weighted by molar-refractivity contribution is 0.526. The van der Waals surface area contributed by atoms with Gasteiger partial charge in [0.15, 0.2) is 0 Å². The summed E-state index contributed by atoms with van der Waals surface area (Å²) in [6, 6.07) is 5.38. The molecule has 21 heavy (non-hydrogen) atoms. The molecule has 2 nitrogen and oxygen atoms in total. The number of benzene rings is 1. The Bertz CT molecular complexity index is 593. The van der Waals surface area contributed by atoms with Crippen LogP contribution in [-0.4, -0.2) is 11.5 Å². The Morgan fingerprint density at radius 2 is 2.14 bits per heavy atom. The van der Waals surface area contributed by atoms with Crippen molar-refractivity contribution >= 4 is 27.3 Å². The monoisotopic (exact) mass is 370 g/mol. The van der Waals surface area contributed by atoms with Gasteiger partial charge in [0, 0.05) is 17.3 Å². The fourth-order valence-electron chi connectivity index (χ4n) is 2.16. The molecule has 0 saturated heterocycles. The quantitative estimate of drug-likeness (QED) is 0.778. The number of thiazole rings is 1. The maximum absolute atomic E-state index is 13.4. The fraction of sp³-hybridized carbons (Fsp3) is 0.438. The van der Waals surface area contributed by atoms with Crippen LogP contribution in [0.4, 0.5) is 4.39 Å². The van der Waals surface area contributed by atoms with Crippen molar-refractivity contribution in [3.05, 3.63) is 49.6 Å². The van der Waals surface area contributed by atoms with Gasteiger partial charge in [0.1, 0.15) is 5.82 Å². The first kappa shape index (κ1) is 16.6. The summed E-state index contributed by atoms with van der Waals surface area (Å²) in [6.07, 6.45) is 1.90. The number of hydrogen-bond acceptors (Lipinski definition) is 3. The molecule has 0 spiro atoms. The first-order valence-corrected chi connectivity index (χ1v) is 8.73. The molecule has 1 aromatic heterocycles. The second kappa shape index (κ2) is 7.47. The summed E-state index contributed by atoms with van der Waals surface area (Å²) < 4.78 is 13.9. The van der Waals surface area contributed by atoms with E-state index >= 15 is 0 Å². The highest BCUT2D eigenvalue weighted by atomic mass is 79.9. The first-order chi connectivity index (χ1) is 10.0. The maximum atomic E-state index is 13.4. The van der Waals surface area contributed by atoms with E-state index in [1.54, 1.807) is 11.3 Å². The van der Waals surface area contributed by atoms with Gasteiger partial charge in [0.05, 0.1) is 15.2 Å². The van der Waals surface area contributed by atoms with E-state index in [2.05, 4.69) is 40.1 Å². The molecule has 0 amide bonds. The lowest BCUT2D eigenvalue weighted by Crippen LogP contribution is -2.24. The van der Waals surface area contributed by atoms with E-state index in [-0.39, 0.29) is 11.9 Å². The zero-order valence-electron chi connectivity index (χ0n) is 12.5. The molecule has 5 heteroatoms. The summed E-state index contributed by atoms with van der Waals surface area (Å²) in [5, 5.41) is 4.66. The lowest BCUT2D eigenvalue weighted by Gasteiger charge is -2.18. The highest BCUT2D eigenvalue weighted by Crippen LogP contribution is 2.26. The number of aryl methyl sites for hydroxylation is 2. The van der Waals surface area contributed by atoms with E-state index in [0.29, 0.717) is 4.47 Å². The Morgan fingerprint density at radius 3 is 2.71 bits per heavy atom. The molecule has 2 aromatic rings. The van der Waals surface area contributed by atoms with Crippen LogP contribution in [0.5, 0.6) is 0 Å². The normalized spacial score (nSPS) is 12.6. The summed E-state index contributed by atoms with van der Waals surface area (Å²) in [5.74, 6) is -0.228. The molecular weight excluding hydrogens is 351 g/mol. The average Bonchev–Trinajstić information content (AvgIpc) is 2.76. The maximum Gasteiger partial charge on any atom is 0.137 e. The van der Waals surface area contributed by atoms with Crippen molar-refractivity contribution in [3.63, 3.8) is 0 Å². The van der Waals surface area contributed by atoms with Gasteiger partial charge < -0.3 is 5.32 Å². The molecule has 1 aromatic carbocycles. The highest BCUT2D eigenvalue weighted by Gasteiger charge is 2.16. The minimum absolute atomic E-state index is 0.159. The zero-order valence-corrected chi connectivity index (χ0v) is 14.9. The Kier molecular flexibility index (Phi) is 5.90. The SMILES string of the molecule is CCCNC(Cc1nc(C)c(C)s1)c1ccc(F)c(Br)c1. The van der Waals surface area contributed by atoms with Crippen molar-refractivity contribution in [2.75, 3.05) is 6.54 Å². The molecule has 1 N–H and O–H groups in total. The van der Waals surface area contributed by atoms with Crippen molar-refractivity contribution in [2.24, 2.45) is 0 Å². The van der Waals surface area contributed by atoms with Crippen LogP contribution in [0.2, 0.25) is 0 Å². The molecule has 0 aliphatic carbocycles. The summed E-state index contributed by atoms with van der Waals surface area (Å²) in [5.41, 5.74) is 2.19. The van der Waals surface area contributed by atoms with Crippen LogP contribution < -0.4 is 5.32 Å². The lowest BCUT2D eigenvalue weighted by atomic mass is 10.0. The van der Waals surface area contributed by atoms with Gasteiger partial charge in [-0.15, -0.1) is 11.3 Å². The van der Waals surface area contributed by atoms with Crippen molar-refractivity contribution in [1.82, 2.24) is 10.3 Å². The second-order valence-electron chi connectivity index (χ2n) is 5.13.